The lowest BCUT2D eigenvalue weighted by Crippen LogP contribution is -2.47. The first-order valence-corrected chi connectivity index (χ1v) is 13.2. The Morgan fingerprint density at radius 1 is 1.13 bits per heavy atom. The van der Waals surface area contributed by atoms with Crippen molar-refractivity contribution in [1.82, 2.24) is 0 Å². The molecular weight excluding hydrogens is 392 g/mol. The Morgan fingerprint density at radius 3 is 2.67 bits per heavy atom. The minimum Gasteiger partial charge on any atom is -0.450 e. The van der Waals surface area contributed by atoms with Gasteiger partial charge in [0.1, 0.15) is 6.10 Å². The molecule has 3 heteroatoms. The van der Waals surface area contributed by atoms with E-state index in [2.05, 4.69) is 33.8 Å². The van der Waals surface area contributed by atoms with Crippen molar-refractivity contribution in [3.63, 3.8) is 0 Å². The van der Waals surface area contributed by atoms with Crippen molar-refractivity contribution in [3.05, 3.63) is 11.6 Å². The molecule has 4 aliphatic carbocycles. The number of carbonyl (C=O) groups is 1. The van der Waals surface area contributed by atoms with Gasteiger partial charge in [0, 0.05) is 18.0 Å². The van der Waals surface area contributed by atoms with Gasteiger partial charge in [0.25, 0.3) is 0 Å². The minimum absolute atomic E-state index is 0.00505. The SMILES string of the molecule is CC(C)CCC[C@@H](C)C1CC[C@H]2[C@@H]3CC=C4CC(OC(=O)Cl)CC[C@@H]4[C@H]3CC[C@]12C. The van der Waals surface area contributed by atoms with Crippen LogP contribution in [0, 0.1) is 46.8 Å². The Hall–Kier alpha value is -0.500. The Kier molecular flexibility index (Phi) is 6.93. The Labute approximate surface area is 189 Å². The molecule has 3 fully saturated rings. The highest BCUT2D eigenvalue weighted by Gasteiger charge is 2.56. The molecule has 0 aromatic rings. The highest BCUT2D eigenvalue weighted by Crippen LogP contribution is 2.64. The van der Waals surface area contributed by atoms with Crippen LogP contribution < -0.4 is 0 Å². The van der Waals surface area contributed by atoms with Gasteiger partial charge in [0.05, 0.1) is 0 Å². The maximum absolute atomic E-state index is 11.2. The van der Waals surface area contributed by atoms with Crippen LogP contribution in [0.4, 0.5) is 4.79 Å². The molecule has 4 aliphatic rings. The molecule has 0 bridgehead atoms. The molecule has 0 saturated heterocycles. The lowest BCUT2D eigenvalue weighted by Gasteiger charge is -2.54. The van der Waals surface area contributed by atoms with Crippen LogP contribution in [0.1, 0.15) is 98.3 Å². The van der Waals surface area contributed by atoms with E-state index in [1.54, 1.807) is 5.57 Å². The van der Waals surface area contributed by atoms with Crippen molar-refractivity contribution in [3.8, 4) is 0 Å². The molecule has 170 valence electrons. The summed E-state index contributed by atoms with van der Waals surface area (Å²) in [7, 11) is 0. The third kappa shape index (κ3) is 4.37. The van der Waals surface area contributed by atoms with Crippen molar-refractivity contribution >= 4 is 17.0 Å². The van der Waals surface area contributed by atoms with Crippen LogP contribution in [-0.2, 0) is 4.74 Å². The summed E-state index contributed by atoms with van der Waals surface area (Å²) in [5.41, 5.74) is 1.50. The van der Waals surface area contributed by atoms with Crippen LogP contribution in [0.15, 0.2) is 11.6 Å². The monoisotopic (exact) mass is 434 g/mol. The van der Waals surface area contributed by atoms with Crippen molar-refractivity contribution in [2.24, 2.45) is 46.8 Å². The Morgan fingerprint density at radius 2 is 1.93 bits per heavy atom. The van der Waals surface area contributed by atoms with Gasteiger partial charge >= 0.3 is 5.43 Å². The Balaban J connectivity index is 1.42. The van der Waals surface area contributed by atoms with Crippen LogP contribution in [0.3, 0.4) is 0 Å². The van der Waals surface area contributed by atoms with Gasteiger partial charge in [-0.15, -0.1) is 0 Å². The molecule has 0 aromatic heterocycles. The van der Waals surface area contributed by atoms with Gasteiger partial charge in [0.15, 0.2) is 0 Å². The number of carbonyl (C=O) groups excluding carboxylic acids is 1. The zero-order valence-electron chi connectivity index (χ0n) is 19.7. The van der Waals surface area contributed by atoms with E-state index in [0.29, 0.717) is 5.41 Å². The quantitative estimate of drug-likeness (QED) is 0.310. The van der Waals surface area contributed by atoms with Gasteiger partial charge in [-0.05, 0) is 91.8 Å². The molecule has 0 aliphatic heterocycles. The van der Waals surface area contributed by atoms with Crippen LogP contribution in [0.25, 0.3) is 0 Å². The number of ether oxygens (including phenoxy) is 1. The average Bonchev–Trinajstić information content (AvgIpc) is 3.04. The van der Waals surface area contributed by atoms with Gasteiger partial charge in [-0.25, -0.2) is 4.79 Å². The van der Waals surface area contributed by atoms with E-state index in [-0.39, 0.29) is 6.10 Å². The first-order valence-electron chi connectivity index (χ1n) is 12.8. The second-order valence-corrected chi connectivity index (χ2v) is 12.2. The summed E-state index contributed by atoms with van der Waals surface area (Å²) in [5, 5.41) is 0. The summed E-state index contributed by atoms with van der Waals surface area (Å²) in [6, 6.07) is 0. The number of hydrogen-bond acceptors (Lipinski definition) is 2. The summed E-state index contributed by atoms with van der Waals surface area (Å²) in [5.74, 6) is 6.06. The van der Waals surface area contributed by atoms with E-state index in [9.17, 15) is 4.79 Å². The number of halogens is 1. The number of hydrogen-bond donors (Lipinski definition) is 0. The molecule has 0 N–H and O–H groups in total. The molecule has 0 heterocycles. The summed E-state index contributed by atoms with van der Waals surface area (Å²) in [6.07, 6.45) is 16.9. The van der Waals surface area contributed by atoms with E-state index in [4.69, 9.17) is 16.3 Å². The molecule has 2 nitrogen and oxygen atoms in total. The molecular formula is C27H43ClO2. The molecule has 30 heavy (non-hydrogen) atoms. The zero-order chi connectivity index (χ0) is 21.5. The zero-order valence-corrected chi connectivity index (χ0v) is 20.4. The van der Waals surface area contributed by atoms with Gasteiger partial charge in [-0.3, -0.25) is 0 Å². The maximum Gasteiger partial charge on any atom is 0.404 e. The first-order chi connectivity index (χ1) is 14.3. The Bertz CT molecular complexity index is 655. The molecule has 0 amide bonds. The molecule has 0 radical (unpaired) electrons. The number of rotatable bonds is 6. The summed E-state index contributed by atoms with van der Waals surface area (Å²) >= 11 is 5.48. The fourth-order valence-corrected chi connectivity index (χ4v) is 8.62. The largest absolute Gasteiger partial charge is 0.450 e. The predicted octanol–water partition coefficient (Wildman–Crippen LogP) is 8.38. The minimum atomic E-state index is -0.638. The average molecular weight is 435 g/mol. The maximum atomic E-state index is 11.2. The standard InChI is InChI=1S/C27H43ClO2/c1-17(2)6-5-7-18(3)24-12-13-25-23-10-8-19-16-20(30-26(28)29)9-11-21(19)22(23)14-15-27(24,25)4/h8,17-18,20-25H,5-7,9-16H2,1-4H3/t18-,20?,21+,22-,23-,24?,25+,27-/m1/s1. The van der Waals surface area contributed by atoms with Crippen LogP contribution in [-0.4, -0.2) is 11.5 Å². The lowest BCUT2D eigenvalue weighted by atomic mass is 9.51. The van der Waals surface area contributed by atoms with Gasteiger partial charge in [0.2, 0.25) is 0 Å². The molecule has 0 aromatic carbocycles. The third-order valence-electron chi connectivity index (χ3n) is 9.86. The fourth-order valence-electron chi connectivity index (χ4n) is 8.49. The number of allylic oxidation sites excluding steroid dienone is 1. The van der Waals surface area contributed by atoms with Gasteiger partial charge < -0.3 is 4.74 Å². The van der Waals surface area contributed by atoms with E-state index in [1.165, 1.54) is 57.8 Å². The van der Waals surface area contributed by atoms with Gasteiger partial charge in [-0.2, -0.15) is 0 Å². The second kappa shape index (κ2) is 9.16. The topological polar surface area (TPSA) is 26.3 Å². The molecule has 2 unspecified atom stereocenters. The molecule has 0 spiro atoms. The predicted molar refractivity (Wildman–Crippen MR) is 125 cm³/mol. The smallest absolute Gasteiger partial charge is 0.404 e. The normalized spacial score (nSPS) is 41.5. The third-order valence-corrected chi connectivity index (χ3v) is 9.95. The molecule has 8 atom stereocenters. The molecule has 3 saturated carbocycles. The summed E-state index contributed by atoms with van der Waals surface area (Å²) in [4.78, 5) is 11.2. The second-order valence-electron chi connectivity index (χ2n) is 11.8. The van der Waals surface area contributed by atoms with Crippen molar-refractivity contribution in [1.29, 1.82) is 0 Å². The van der Waals surface area contributed by atoms with Crippen LogP contribution in [0.2, 0.25) is 0 Å². The van der Waals surface area contributed by atoms with Crippen molar-refractivity contribution < 1.29 is 9.53 Å². The van der Waals surface area contributed by atoms with E-state index < -0.39 is 5.43 Å². The summed E-state index contributed by atoms with van der Waals surface area (Å²) < 4.78 is 5.33. The van der Waals surface area contributed by atoms with Gasteiger partial charge in [-0.1, -0.05) is 58.6 Å². The van der Waals surface area contributed by atoms with Crippen molar-refractivity contribution in [2.75, 3.05) is 0 Å². The van der Waals surface area contributed by atoms with E-state index in [0.717, 1.165) is 54.3 Å². The number of fused-ring (bicyclic) bond motifs is 5. The first kappa shape index (κ1) is 22.7. The van der Waals surface area contributed by atoms with Crippen molar-refractivity contribution in [2.45, 2.75) is 104 Å². The summed E-state index contributed by atoms with van der Waals surface area (Å²) in [6.45, 7) is 9.94. The van der Waals surface area contributed by atoms with Crippen LogP contribution in [0.5, 0.6) is 0 Å². The van der Waals surface area contributed by atoms with Crippen LogP contribution >= 0.6 is 11.6 Å². The highest BCUT2D eigenvalue weighted by atomic mass is 35.5. The lowest BCUT2D eigenvalue weighted by molar-refractivity contribution is -0.0296. The van der Waals surface area contributed by atoms with E-state index >= 15 is 0 Å². The highest BCUT2D eigenvalue weighted by molar-refractivity contribution is 6.61. The fraction of sp³-hybridized carbons (Fsp3) is 0.889. The molecule has 4 rings (SSSR count). The van der Waals surface area contributed by atoms with E-state index in [1.807, 2.05) is 0 Å².